The van der Waals surface area contributed by atoms with Crippen molar-refractivity contribution in [1.82, 2.24) is 4.98 Å². The Labute approximate surface area is 113 Å². The van der Waals surface area contributed by atoms with Crippen LogP contribution in [-0.4, -0.2) is 41.9 Å². The Balaban J connectivity index is 3.19. The first-order valence-electron chi connectivity index (χ1n) is 6.09. The van der Waals surface area contributed by atoms with Crippen molar-refractivity contribution in [2.45, 2.75) is 26.4 Å². The Kier molecular flexibility index (Phi) is 4.72. The van der Waals surface area contributed by atoms with E-state index in [4.69, 9.17) is 10.5 Å². The van der Waals surface area contributed by atoms with Crippen molar-refractivity contribution in [3.63, 3.8) is 0 Å². The molecule has 0 amide bonds. The van der Waals surface area contributed by atoms with Gasteiger partial charge in [0.2, 0.25) is 0 Å². The molecule has 0 aromatic carbocycles. The first-order valence-corrected chi connectivity index (χ1v) is 6.09. The Morgan fingerprint density at radius 1 is 1.58 bits per heavy atom. The van der Waals surface area contributed by atoms with Crippen LogP contribution in [-0.2, 0) is 4.74 Å². The van der Waals surface area contributed by atoms with Gasteiger partial charge in [-0.3, -0.25) is 0 Å². The molecule has 19 heavy (non-hydrogen) atoms. The maximum Gasteiger partial charge on any atom is 0.340 e. The van der Waals surface area contributed by atoms with E-state index < -0.39 is 11.6 Å². The normalized spacial score (nSPS) is 11.2. The maximum atomic E-state index is 11.8. The molecular weight excluding hydrogens is 246 g/mol. The van der Waals surface area contributed by atoms with Crippen LogP contribution in [0, 0.1) is 0 Å². The molecule has 0 spiro atoms. The highest BCUT2D eigenvalue weighted by Crippen LogP contribution is 2.23. The van der Waals surface area contributed by atoms with Gasteiger partial charge in [-0.2, -0.15) is 0 Å². The summed E-state index contributed by atoms with van der Waals surface area (Å²) < 4.78 is 4.75. The predicted molar refractivity (Wildman–Crippen MR) is 74.2 cm³/mol. The SMILES string of the molecule is CCN(CC(C)(C)O)c1cnc(N)cc1C(=O)OC. The van der Waals surface area contributed by atoms with Crippen molar-refractivity contribution >= 4 is 17.5 Å². The molecule has 1 heterocycles. The molecule has 106 valence electrons. The van der Waals surface area contributed by atoms with E-state index >= 15 is 0 Å². The second kappa shape index (κ2) is 5.88. The van der Waals surface area contributed by atoms with Gasteiger partial charge in [-0.1, -0.05) is 0 Å². The van der Waals surface area contributed by atoms with Gasteiger partial charge in [-0.15, -0.1) is 0 Å². The summed E-state index contributed by atoms with van der Waals surface area (Å²) in [5, 5.41) is 9.92. The number of nitrogens with two attached hydrogens (primary N) is 1. The van der Waals surface area contributed by atoms with Gasteiger partial charge in [-0.25, -0.2) is 9.78 Å². The second-order valence-corrected chi connectivity index (χ2v) is 4.94. The van der Waals surface area contributed by atoms with Crippen LogP contribution in [0.15, 0.2) is 12.3 Å². The number of aromatic nitrogens is 1. The molecular formula is C13H21N3O3. The predicted octanol–water partition coefficient (Wildman–Crippen LogP) is 1.05. The van der Waals surface area contributed by atoms with Crippen molar-refractivity contribution in [1.29, 1.82) is 0 Å². The quantitative estimate of drug-likeness (QED) is 0.775. The lowest BCUT2D eigenvalue weighted by molar-refractivity contribution is 0.0599. The Morgan fingerprint density at radius 2 is 2.21 bits per heavy atom. The van der Waals surface area contributed by atoms with Crippen molar-refractivity contribution in [2.75, 3.05) is 30.8 Å². The number of anilines is 2. The van der Waals surface area contributed by atoms with E-state index in [-0.39, 0.29) is 5.82 Å². The number of nitrogens with zero attached hydrogens (tertiary/aromatic N) is 2. The zero-order valence-corrected chi connectivity index (χ0v) is 11.8. The molecule has 0 aliphatic heterocycles. The van der Waals surface area contributed by atoms with Crippen LogP contribution < -0.4 is 10.6 Å². The number of hydrogen-bond donors (Lipinski definition) is 2. The van der Waals surface area contributed by atoms with Gasteiger partial charge >= 0.3 is 5.97 Å². The minimum atomic E-state index is -0.884. The number of methoxy groups -OCH3 is 1. The maximum absolute atomic E-state index is 11.8. The standard InChI is InChI=1S/C13H21N3O3/c1-5-16(8-13(2,3)18)10-7-15-11(14)6-9(10)12(17)19-4/h6-7,18H,5,8H2,1-4H3,(H2,14,15). The average molecular weight is 267 g/mol. The molecule has 1 rings (SSSR count). The zero-order chi connectivity index (χ0) is 14.6. The molecule has 1 aromatic rings. The Morgan fingerprint density at radius 3 is 2.68 bits per heavy atom. The summed E-state index contributed by atoms with van der Waals surface area (Å²) in [5.74, 6) is -0.221. The van der Waals surface area contributed by atoms with Crippen molar-refractivity contribution < 1.29 is 14.6 Å². The van der Waals surface area contributed by atoms with Crippen molar-refractivity contribution in [3.05, 3.63) is 17.8 Å². The molecule has 0 radical (unpaired) electrons. The lowest BCUT2D eigenvalue weighted by Gasteiger charge is -2.30. The molecule has 6 heteroatoms. The van der Waals surface area contributed by atoms with Gasteiger partial charge in [0.1, 0.15) is 5.82 Å². The van der Waals surface area contributed by atoms with E-state index in [9.17, 15) is 9.90 Å². The third-order valence-corrected chi connectivity index (χ3v) is 2.61. The van der Waals surface area contributed by atoms with Gasteiger partial charge in [0.15, 0.2) is 0 Å². The molecule has 0 fully saturated rings. The van der Waals surface area contributed by atoms with Crippen LogP contribution in [0.3, 0.4) is 0 Å². The molecule has 0 unspecified atom stereocenters. The van der Waals surface area contributed by atoms with E-state index in [1.165, 1.54) is 19.4 Å². The fourth-order valence-electron chi connectivity index (χ4n) is 1.82. The minimum Gasteiger partial charge on any atom is -0.465 e. The first-order chi connectivity index (χ1) is 8.78. The third kappa shape index (κ3) is 4.10. The minimum absolute atomic E-state index is 0.253. The average Bonchev–Trinajstić information content (AvgIpc) is 2.34. The number of pyridine rings is 1. The number of esters is 1. The van der Waals surface area contributed by atoms with Gasteiger partial charge in [0.25, 0.3) is 0 Å². The number of hydrogen-bond acceptors (Lipinski definition) is 6. The number of rotatable bonds is 5. The topological polar surface area (TPSA) is 88.7 Å². The van der Waals surface area contributed by atoms with E-state index in [1.54, 1.807) is 13.8 Å². The van der Waals surface area contributed by atoms with Crippen molar-refractivity contribution in [2.24, 2.45) is 0 Å². The molecule has 0 atom stereocenters. The van der Waals surface area contributed by atoms with Crippen LogP contribution in [0.4, 0.5) is 11.5 Å². The fourth-order valence-corrected chi connectivity index (χ4v) is 1.82. The molecule has 0 bridgehead atoms. The molecule has 0 saturated carbocycles. The highest BCUT2D eigenvalue weighted by molar-refractivity contribution is 5.96. The van der Waals surface area contributed by atoms with Gasteiger partial charge in [0.05, 0.1) is 30.2 Å². The van der Waals surface area contributed by atoms with Crippen LogP contribution >= 0.6 is 0 Å². The summed E-state index contributed by atoms with van der Waals surface area (Å²) in [6.45, 7) is 6.35. The number of aliphatic hydroxyl groups is 1. The highest BCUT2D eigenvalue weighted by Gasteiger charge is 2.22. The zero-order valence-electron chi connectivity index (χ0n) is 11.8. The summed E-state index contributed by atoms with van der Waals surface area (Å²) in [6, 6.07) is 1.48. The number of ether oxygens (including phenoxy) is 1. The van der Waals surface area contributed by atoms with Crippen LogP contribution in [0.5, 0.6) is 0 Å². The first kappa shape index (κ1) is 15.2. The molecule has 6 nitrogen and oxygen atoms in total. The third-order valence-electron chi connectivity index (χ3n) is 2.61. The number of nitrogen functional groups attached to an aromatic ring is 1. The molecule has 0 aliphatic rings. The molecule has 3 N–H and O–H groups in total. The van der Waals surface area contributed by atoms with E-state index in [2.05, 4.69) is 4.98 Å². The largest absolute Gasteiger partial charge is 0.465 e. The molecule has 0 saturated heterocycles. The second-order valence-electron chi connectivity index (χ2n) is 4.94. The fraction of sp³-hybridized carbons (Fsp3) is 0.538. The van der Waals surface area contributed by atoms with Gasteiger partial charge < -0.3 is 20.5 Å². The van der Waals surface area contributed by atoms with E-state index in [1.807, 2.05) is 11.8 Å². The highest BCUT2D eigenvalue weighted by atomic mass is 16.5. The van der Waals surface area contributed by atoms with Gasteiger partial charge in [-0.05, 0) is 26.8 Å². The van der Waals surface area contributed by atoms with E-state index in [0.29, 0.717) is 24.3 Å². The van der Waals surface area contributed by atoms with Crippen LogP contribution in [0.1, 0.15) is 31.1 Å². The Hall–Kier alpha value is -1.82. The molecule has 1 aromatic heterocycles. The summed E-state index contributed by atoms with van der Waals surface area (Å²) in [7, 11) is 1.31. The number of likely N-dealkylation sites (N-methyl/N-ethyl adjacent to an activating group) is 1. The van der Waals surface area contributed by atoms with Gasteiger partial charge in [0, 0.05) is 13.1 Å². The van der Waals surface area contributed by atoms with Crippen molar-refractivity contribution in [3.8, 4) is 0 Å². The summed E-state index contributed by atoms with van der Waals surface area (Å²) in [6.07, 6.45) is 1.52. The van der Waals surface area contributed by atoms with E-state index in [0.717, 1.165) is 0 Å². The summed E-state index contributed by atoms with van der Waals surface area (Å²) in [4.78, 5) is 17.6. The smallest absolute Gasteiger partial charge is 0.340 e. The summed E-state index contributed by atoms with van der Waals surface area (Å²) in [5.41, 5.74) is 5.67. The monoisotopic (exact) mass is 267 g/mol. The Bertz CT molecular complexity index is 455. The lowest BCUT2D eigenvalue weighted by atomic mass is 10.1. The lowest BCUT2D eigenvalue weighted by Crippen LogP contribution is -2.39. The summed E-state index contributed by atoms with van der Waals surface area (Å²) >= 11 is 0. The van der Waals surface area contributed by atoms with Crippen LogP contribution in [0.25, 0.3) is 0 Å². The molecule has 0 aliphatic carbocycles. The number of carbonyl (C=O) groups excluding carboxylic acids is 1. The van der Waals surface area contributed by atoms with Crippen LogP contribution in [0.2, 0.25) is 0 Å². The number of carbonyl (C=O) groups is 1.